The van der Waals surface area contributed by atoms with Crippen LogP contribution in [0.5, 0.6) is 0 Å². The van der Waals surface area contributed by atoms with Gasteiger partial charge in [0.25, 0.3) is 0 Å². The summed E-state index contributed by atoms with van der Waals surface area (Å²) in [5.41, 5.74) is 2.98. The van der Waals surface area contributed by atoms with E-state index in [4.69, 9.17) is 0 Å². The number of nitrogens with zero attached hydrogens (tertiary/aromatic N) is 2. The monoisotopic (exact) mass is 252 g/mol. The van der Waals surface area contributed by atoms with Crippen LogP contribution < -0.4 is 9.80 Å². The minimum Gasteiger partial charge on any atom is -0.372 e. The van der Waals surface area contributed by atoms with Gasteiger partial charge in [-0.3, -0.25) is 9.69 Å². The SMILES string of the molecule is CN1CCC(=O)N(c2ccccc2)c2ccccc21. The summed E-state index contributed by atoms with van der Waals surface area (Å²) in [6.45, 7) is 0.749. The highest BCUT2D eigenvalue weighted by Crippen LogP contribution is 2.36. The average Bonchev–Trinajstić information content (AvgIpc) is 2.58. The lowest BCUT2D eigenvalue weighted by Gasteiger charge is -2.24. The molecule has 3 heteroatoms. The molecule has 2 aromatic rings. The van der Waals surface area contributed by atoms with Crippen molar-refractivity contribution in [2.75, 3.05) is 23.4 Å². The van der Waals surface area contributed by atoms with Crippen molar-refractivity contribution in [2.45, 2.75) is 6.42 Å². The summed E-state index contributed by atoms with van der Waals surface area (Å²) in [6, 6.07) is 17.9. The molecule has 0 saturated heterocycles. The van der Waals surface area contributed by atoms with E-state index >= 15 is 0 Å². The van der Waals surface area contributed by atoms with Gasteiger partial charge in [0.15, 0.2) is 0 Å². The average molecular weight is 252 g/mol. The van der Waals surface area contributed by atoms with E-state index in [2.05, 4.69) is 11.0 Å². The fourth-order valence-electron chi connectivity index (χ4n) is 2.47. The highest BCUT2D eigenvalue weighted by molar-refractivity contribution is 6.04. The van der Waals surface area contributed by atoms with Crippen molar-refractivity contribution in [3.8, 4) is 0 Å². The molecular weight excluding hydrogens is 236 g/mol. The number of fused-ring (bicyclic) bond motifs is 1. The maximum atomic E-state index is 12.4. The van der Waals surface area contributed by atoms with Crippen LogP contribution in [0.25, 0.3) is 0 Å². The van der Waals surface area contributed by atoms with Crippen molar-refractivity contribution in [3.63, 3.8) is 0 Å². The van der Waals surface area contributed by atoms with Crippen LogP contribution in [0.3, 0.4) is 0 Å². The van der Waals surface area contributed by atoms with E-state index < -0.39 is 0 Å². The highest BCUT2D eigenvalue weighted by Gasteiger charge is 2.25. The number of hydrogen-bond donors (Lipinski definition) is 0. The Hall–Kier alpha value is -2.29. The molecule has 96 valence electrons. The minimum absolute atomic E-state index is 0.142. The van der Waals surface area contributed by atoms with Crippen LogP contribution in [-0.2, 0) is 4.79 Å². The number of carbonyl (C=O) groups excluding carboxylic acids is 1. The smallest absolute Gasteiger partial charge is 0.233 e. The fraction of sp³-hybridized carbons (Fsp3) is 0.188. The zero-order valence-corrected chi connectivity index (χ0v) is 10.9. The second kappa shape index (κ2) is 4.76. The number of amides is 1. The Bertz CT molecular complexity index is 595. The van der Waals surface area contributed by atoms with Gasteiger partial charge in [-0.15, -0.1) is 0 Å². The Kier molecular flexibility index (Phi) is 2.95. The van der Waals surface area contributed by atoms with Gasteiger partial charge in [-0.05, 0) is 24.3 Å². The van der Waals surface area contributed by atoms with Gasteiger partial charge < -0.3 is 4.90 Å². The molecule has 0 atom stereocenters. The summed E-state index contributed by atoms with van der Waals surface area (Å²) in [6.07, 6.45) is 0.528. The number of para-hydroxylation sites is 3. The number of carbonyl (C=O) groups is 1. The molecule has 0 aliphatic carbocycles. The zero-order valence-electron chi connectivity index (χ0n) is 10.9. The molecule has 0 radical (unpaired) electrons. The van der Waals surface area contributed by atoms with E-state index in [1.165, 1.54) is 0 Å². The van der Waals surface area contributed by atoms with Crippen molar-refractivity contribution >= 4 is 23.0 Å². The van der Waals surface area contributed by atoms with Gasteiger partial charge in [0.05, 0.1) is 11.4 Å². The standard InChI is InChI=1S/C16H16N2O/c1-17-12-11-16(19)18(13-7-3-2-4-8-13)15-10-6-5-9-14(15)17/h2-10H,11-12H2,1H3. The van der Waals surface area contributed by atoms with Crippen molar-refractivity contribution in [2.24, 2.45) is 0 Å². The highest BCUT2D eigenvalue weighted by atomic mass is 16.2. The van der Waals surface area contributed by atoms with Crippen LogP contribution in [-0.4, -0.2) is 19.5 Å². The second-order valence-electron chi connectivity index (χ2n) is 4.72. The summed E-state index contributed by atoms with van der Waals surface area (Å²) >= 11 is 0. The molecule has 3 rings (SSSR count). The van der Waals surface area contributed by atoms with Crippen molar-refractivity contribution in [3.05, 3.63) is 54.6 Å². The van der Waals surface area contributed by atoms with Gasteiger partial charge in [-0.25, -0.2) is 0 Å². The number of hydrogen-bond acceptors (Lipinski definition) is 2. The molecular formula is C16H16N2O. The van der Waals surface area contributed by atoms with Crippen LogP contribution >= 0.6 is 0 Å². The molecule has 0 aromatic heterocycles. The third kappa shape index (κ3) is 2.08. The maximum Gasteiger partial charge on any atom is 0.233 e. The van der Waals surface area contributed by atoms with E-state index in [0.29, 0.717) is 6.42 Å². The van der Waals surface area contributed by atoms with Crippen LogP contribution in [0, 0.1) is 0 Å². The van der Waals surface area contributed by atoms with Gasteiger partial charge in [-0.2, -0.15) is 0 Å². The van der Waals surface area contributed by atoms with E-state index in [9.17, 15) is 4.79 Å². The summed E-state index contributed by atoms with van der Waals surface area (Å²) < 4.78 is 0. The molecule has 1 heterocycles. The first-order valence-corrected chi connectivity index (χ1v) is 6.45. The number of rotatable bonds is 1. The summed E-state index contributed by atoms with van der Waals surface area (Å²) in [5.74, 6) is 0.142. The van der Waals surface area contributed by atoms with Crippen molar-refractivity contribution < 1.29 is 4.79 Å². The molecule has 0 N–H and O–H groups in total. The Morgan fingerprint density at radius 3 is 2.26 bits per heavy atom. The van der Waals surface area contributed by atoms with Crippen LogP contribution in [0.4, 0.5) is 17.1 Å². The van der Waals surface area contributed by atoms with E-state index in [1.807, 2.05) is 60.5 Å². The first-order chi connectivity index (χ1) is 9.27. The predicted octanol–water partition coefficient (Wildman–Crippen LogP) is 3.19. The second-order valence-corrected chi connectivity index (χ2v) is 4.72. The summed E-state index contributed by atoms with van der Waals surface area (Å²) in [7, 11) is 2.03. The van der Waals surface area contributed by atoms with Gasteiger partial charge in [-0.1, -0.05) is 30.3 Å². The molecule has 1 aliphatic heterocycles. The molecule has 19 heavy (non-hydrogen) atoms. The largest absolute Gasteiger partial charge is 0.372 e. The topological polar surface area (TPSA) is 23.6 Å². The number of benzene rings is 2. The molecule has 0 fully saturated rings. The molecule has 0 saturated carbocycles. The molecule has 3 nitrogen and oxygen atoms in total. The molecule has 1 aliphatic rings. The molecule has 0 bridgehead atoms. The van der Waals surface area contributed by atoms with Gasteiger partial charge in [0, 0.05) is 25.7 Å². The minimum atomic E-state index is 0.142. The first kappa shape index (κ1) is 11.8. The van der Waals surface area contributed by atoms with E-state index in [0.717, 1.165) is 23.6 Å². The van der Waals surface area contributed by atoms with Crippen molar-refractivity contribution in [1.29, 1.82) is 0 Å². The Morgan fingerprint density at radius 2 is 1.53 bits per heavy atom. The molecule has 0 unspecified atom stereocenters. The van der Waals surface area contributed by atoms with E-state index in [1.54, 1.807) is 0 Å². The van der Waals surface area contributed by atoms with Crippen molar-refractivity contribution in [1.82, 2.24) is 0 Å². The summed E-state index contributed by atoms with van der Waals surface area (Å²) in [5, 5.41) is 0. The van der Waals surface area contributed by atoms with Crippen LogP contribution in [0.1, 0.15) is 6.42 Å². The number of anilines is 3. The third-order valence-corrected chi connectivity index (χ3v) is 3.46. The molecule has 0 spiro atoms. The Morgan fingerprint density at radius 1 is 0.895 bits per heavy atom. The lowest BCUT2D eigenvalue weighted by atomic mass is 10.2. The lowest BCUT2D eigenvalue weighted by Crippen LogP contribution is -2.25. The van der Waals surface area contributed by atoms with Crippen LogP contribution in [0.15, 0.2) is 54.6 Å². The lowest BCUT2D eigenvalue weighted by molar-refractivity contribution is -0.117. The van der Waals surface area contributed by atoms with Crippen LogP contribution in [0.2, 0.25) is 0 Å². The van der Waals surface area contributed by atoms with Gasteiger partial charge >= 0.3 is 0 Å². The normalized spacial score (nSPS) is 15.1. The van der Waals surface area contributed by atoms with Gasteiger partial charge in [0.2, 0.25) is 5.91 Å². The predicted molar refractivity (Wildman–Crippen MR) is 77.9 cm³/mol. The maximum absolute atomic E-state index is 12.4. The Balaban J connectivity index is 2.16. The van der Waals surface area contributed by atoms with E-state index in [-0.39, 0.29) is 5.91 Å². The summed E-state index contributed by atoms with van der Waals surface area (Å²) in [4.78, 5) is 16.4. The zero-order chi connectivity index (χ0) is 13.2. The first-order valence-electron chi connectivity index (χ1n) is 6.45. The quantitative estimate of drug-likeness (QED) is 0.778. The Labute approximate surface area is 113 Å². The van der Waals surface area contributed by atoms with Gasteiger partial charge in [0.1, 0.15) is 0 Å². The molecule has 2 aromatic carbocycles. The third-order valence-electron chi connectivity index (χ3n) is 3.46. The molecule has 1 amide bonds. The fourth-order valence-corrected chi connectivity index (χ4v) is 2.47.